The molecule has 0 aliphatic heterocycles. The molecule has 0 unspecified atom stereocenters. The summed E-state index contributed by atoms with van der Waals surface area (Å²) >= 11 is 0. The number of ether oxygens (including phenoxy) is 1. The normalized spacial score (nSPS) is 16.5. The molecular formula is C22H32N2O2. The number of nitrogens with one attached hydrogen (secondary N) is 1. The Morgan fingerprint density at radius 3 is 2.58 bits per heavy atom. The number of aromatic amines is 1. The van der Waals surface area contributed by atoms with Gasteiger partial charge in [-0.2, -0.15) is 0 Å². The predicted octanol–water partition coefficient (Wildman–Crippen LogP) is 4.85. The number of aromatic nitrogens is 1. The van der Waals surface area contributed by atoms with Crippen LogP contribution in [-0.4, -0.2) is 41.1 Å². The average molecular weight is 357 g/mol. The zero-order chi connectivity index (χ0) is 18.7. The third-order valence-corrected chi connectivity index (χ3v) is 5.87. The van der Waals surface area contributed by atoms with Gasteiger partial charge in [-0.05, 0) is 76.7 Å². The monoisotopic (exact) mass is 356 g/mol. The number of rotatable bonds is 7. The van der Waals surface area contributed by atoms with E-state index < -0.39 is 0 Å². The lowest BCUT2D eigenvalue weighted by Crippen LogP contribution is -2.28. The molecule has 0 atom stereocenters. The second kappa shape index (κ2) is 7.83. The Bertz CT molecular complexity index is 768. The van der Waals surface area contributed by atoms with Gasteiger partial charge >= 0.3 is 5.97 Å². The van der Waals surface area contributed by atoms with E-state index in [0.717, 1.165) is 68.3 Å². The molecule has 0 radical (unpaired) electrons. The van der Waals surface area contributed by atoms with Gasteiger partial charge in [0.15, 0.2) is 0 Å². The number of likely N-dealkylation sites (N-methyl/N-ethyl adjacent to an activating group) is 1. The highest BCUT2D eigenvalue weighted by molar-refractivity contribution is 6.05. The summed E-state index contributed by atoms with van der Waals surface area (Å²) in [6.07, 6.45) is 5.22. The van der Waals surface area contributed by atoms with Gasteiger partial charge < -0.3 is 14.6 Å². The van der Waals surface area contributed by atoms with Gasteiger partial charge in [0.25, 0.3) is 0 Å². The smallest absolute Gasteiger partial charge is 0.341 e. The first kappa shape index (κ1) is 19.0. The molecular weight excluding hydrogens is 324 g/mol. The average Bonchev–Trinajstić information content (AvgIpc) is 3.17. The van der Waals surface area contributed by atoms with Gasteiger partial charge in [-0.25, -0.2) is 4.79 Å². The molecule has 1 aliphatic carbocycles. The molecule has 4 heteroatoms. The third-order valence-electron chi connectivity index (χ3n) is 5.87. The van der Waals surface area contributed by atoms with Crippen LogP contribution in [0.3, 0.4) is 0 Å². The molecule has 1 aliphatic rings. The fraction of sp³-hybridized carbons (Fsp3) is 0.591. The van der Waals surface area contributed by atoms with E-state index in [1.54, 1.807) is 0 Å². The van der Waals surface area contributed by atoms with Crippen LogP contribution >= 0.6 is 0 Å². The number of nitrogens with zero attached hydrogens (tertiary/aromatic N) is 1. The summed E-state index contributed by atoms with van der Waals surface area (Å²) in [7, 11) is 0. The van der Waals surface area contributed by atoms with Gasteiger partial charge in [-0.3, -0.25) is 0 Å². The molecule has 1 aromatic heterocycles. The van der Waals surface area contributed by atoms with Gasteiger partial charge in [0.2, 0.25) is 0 Å². The van der Waals surface area contributed by atoms with Crippen molar-refractivity contribution in [1.29, 1.82) is 0 Å². The number of esters is 1. The fourth-order valence-electron chi connectivity index (χ4n) is 4.12. The van der Waals surface area contributed by atoms with Crippen LogP contribution in [0.5, 0.6) is 0 Å². The summed E-state index contributed by atoms with van der Waals surface area (Å²) in [4.78, 5) is 18.7. The number of aryl methyl sites for hydroxylation is 1. The van der Waals surface area contributed by atoms with Crippen LogP contribution in [0.15, 0.2) is 18.2 Å². The number of benzene rings is 1. The van der Waals surface area contributed by atoms with E-state index in [1.165, 1.54) is 5.56 Å². The maximum Gasteiger partial charge on any atom is 0.341 e. The van der Waals surface area contributed by atoms with Gasteiger partial charge in [0.05, 0.1) is 5.56 Å². The van der Waals surface area contributed by atoms with Crippen LogP contribution in [0.25, 0.3) is 10.9 Å². The first-order valence-electron chi connectivity index (χ1n) is 10.0. The highest BCUT2D eigenvalue weighted by Crippen LogP contribution is 2.34. The highest BCUT2D eigenvalue weighted by Gasteiger charge is 2.34. The number of fused-ring (bicyclic) bond motifs is 1. The summed E-state index contributed by atoms with van der Waals surface area (Å²) in [5, 5.41) is 0.992. The van der Waals surface area contributed by atoms with Crippen molar-refractivity contribution >= 4 is 16.9 Å². The number of H-pyrrole nitrogens is 1. The van der Waals surface area contributed by atoms with Crippen LogP contribution in [0.2, 0.25) is 0 Å². The Morgan fingerprint density at radius 2 is 1.92 bits per heavy atom. The number of hydrogen-bond acceptors (Lipinski definition) is 3. The quantitative estimate of drug-likeness (QED) is 0.721. The van der Waals surface area contributed by atoms with Crippen LogP contribution in [0.4, 0.5) is 0 Å². The van der Waals surface area contributed by atoms with E-state index in [0.29, 0.717) is 5.56 Å². The van der Waals surface area contributed by atoms with Crippen molar-refractivity contribution in [3.63, 3.8) is 0 Å². The lowest BCUT2D eigenvalue weighted by molar-refractivity contribution is -0.00593. The lowest BCUT2D eigenvalue weighted by Gasteiger charge is -2.24. The SMILES string of the molecule is CCN(CC)CCc1ccc2[nH]c(C)c(C(=O)OC3(C)CCCC3)c2c1. The minimum Gasteiger partial charge on any atom is -0.456 e. The van der Waals surface area contributed by atoms with Crippen LogP contribution < -0.4 is 0 Å². The Hall–Kier alpha value is -1.81. The standard InChI is InChI=1S/C22H32N2O2/c1-5-24(6-2)14-11-17-9-10-19-18(15-17)20(16(3)23-19)21(25)26-22(4)12-7-8-13-22/h9-10,15,23H,5-8,11-14H2,1-4H3. The molecule has 1 saturated carbocycles. The van der Waals surface area contributed by atoms with Crippen molar-refractivity contribution in [3.8, 4) is 0 Å². The Labute approximate surface area is 156 Å². The maximum atomic E-state index is 12.9. The largest absolute Gasteiger partial charge is 0.456 e. The van der Waals surface area contributed by atoms with E-state index in [2.05, 4.69) is 48.9 Å². The Kier molecular flexibility index (Phi) is 5.71. The lowest BCUT2D eigenvalue weighted by atomic mass is 10.0. The molecule has 2 aromatic rings. The maximum absolute atomic E-state index is 12.9. The molecule has 0 bridgehead atoms. The molecule has 0 amide bonds. The van der Waals surface area contributed by atoms with E-state index in [-0.39, 0.29) is 11.6 Å². The second-order valence-corrected chi connectivity index (χ2v) is 7.83. The van der Waals surface area contributed by atoms with Crippen molar-refractivity contribution in [3.05, 3.63) is 35.0 Å². The van der Waals surface area contributed by atoms with Crippen molar-refractivity contribution in [2.24, 2.45) is 0 Å². The van der Waals surface area contributed by atoms with E-state index in [9.17, 15) is 4.79 Å². The van der Waals surface area contributed by atoms with Gasteiger partial charge in [-0.15, -0.1) is 0 Å². The van der Waals surface area contributed by atoms with Crippen molar-refractivity contribution < 1.29 is 9.53 Å². The van der Waals surface area contributed by atoms with Crippen molar-refractivity contribution in [2.45, 2.75) is 65.4 Å². The van der Waals surface area contributed by atoms with Crippen LogP contribution in [0.1, 0.15) is 68.1 Å². The number of carbonyl (C=O) groups is 1. The highest BCUT2D eigenvalue weighted by atomic mass is 16.6. The van der Waals surface area contributed by atoms with Crippen LogP contribution in [-0.2, 0) is 11.2 Å². The summed E-state index contributed by atoms with van der Waals surface area (Å²) in [6, 6.07) is 6.42. The molecule has 4 nitrogen and oxygen atoms in total. The number of carbonyl (C=O) groups excluding carboxylic acids is 1. The molecule has 0 saturated heterocycles. The molecule has 3 rings (SSSR count). The predicted molar refractivity (Wildman–Crippen MR) is 107 cm³/mol. The number of hydrogen-bond donors (Lipinski definition) is 1. The molecule has 0 spiro atoms. The second-order valence-electron chi connectivity index (χ2n) is 7.83. The summed E-state index contributed by atoms with van der Waals surface area (Å²) in [6.45, 7) is 11.6. The first-order chi connectivity index (χ1) is 12.5. The van der Waals surface area contributed by atoms with E-state index >= 15 is 0 Å². The van der Waals surface area contributed by atoms with Crippen LogP contribution in [0, 0.1) is 6.92 Å². The molecule has 1 N–H and O–H groups in total. The minimum atomic E-state index is -0.298. The third kappa shape index (κ3) is 3.96. The summed E-state index contributed by atoms with van der Waals surface area (Å²) < 4.78 is 5.94. The van der Waals surface area contributed by atoms with E-state index in [1.807, 2.05) is 6.92 Å². The topological polar surface area (TPSA) is 45.3 Å². The molecule has 142 valence electrons. The minimum absolute atomic E-state index is 0.181. The molecule has 1 aromatic carbocycles. The Morgan fingerprint density at radius 1 is 1.23 bits per heavy atom. The van der Waals surface area contributed by atoms with Gasteiger partial charge in [0.1, 0.15) is 5.60 Å². The summed E-state index contributed by atoms with van der Waals surface area (Å²) in [5.41, 5.74) is 3.58. The first-order valence-corrected chi connectivity index (χ1v) is 10.0. The zero-order valence-electron chi connectivity index (χ0n) is 16.7. The fourth-order valence-corrected chi connectivity index (χ4v) is 4.12. The van der Waals surface area contributed by atoms with Gasteiger partial charge in [-0.1, -0.05) is 19.9 Å². The van der Waals surface area contributed by atoms with Gasteiger partial charge in [0, 0.05) is 23.1 Å². The summed E-state index contributed by atoms with van der Waals surface area (Å²) in [5.74, 6) is -0.181. The molecule has 1 heterocycles. The zero-order valence-corrected chi connectivity index (χ0v) is 16.7. The Balaban J connectivity index is 1.84. The molecule has 26 heavy (non-hydrogen) atoms. The van der Waals surface area contributed by atoms with Crippen molar-refractivity contribution in [2.75, 3.05) is 19.6 Å². The molecule has 1 fully saturated rings. The van der Waals surface area contributed by atoms with Crippen molar-refractivity contribution in [1.82, 2.24) is 9.88 Å². The van der Waals surface area contributed by atoms with E-state index in [4.69, 9.17) is 4.74 Å².